The third kappa shape index (κ3) is 4.63. The van der Waals surface area contributed by atoms with Crippen molar-refractivity contribution in [3.05, 3.63) is 53.6 Å². The van der Waals surface area contributed by atoms with Crippen LogP contribution in [0.15, 0.2) is 53.4 Å². The molecule has 2 fully saturated rings. The molecule has 1 saturated carbocycles. The largest absolute Gasteiger partial charge is 0.490 e. The van der Waals surface area contributed by atoms with Gasteiger partial charge in [0.2, 0.25) is 15.9 Å². The Morgan fingerprint density at radius 3 is 2.30 bits per heavy atom. The molecule has 1 aliphatic heterocycles. The molecule has 6 nitrogen and oxygen atoms in total. The molecular formula is C22H25ClN2O4S. The molecule has 2 aromatic carbocycles. The molecule has 1 atom stereocenters. The van der Waals surface area contributed by atoms with Gasteiger partial charge in [0.1, 0.15) is 11.8 Å². The quantitative estimate of drug-likeness (QED) is 0.708. The second kappa shape index (κ2) is 8.96. The number of hydrogen-bond acceptors (Lipinski definition) is 4. The fourth-order valence-electron chi connectivity index (χ4n) is 4.07. The lowest BCUT2D eigenvalue weighted by molar-refractivity contribution is -0.119. The van der Waals surface area contributed by atoms with Crippen LogP contribution in [-0.2, 0) is 14.8 Å². The maximum Gasteiger partial charge on any atom is 0.243 e. The van der Waals surface area contributed by atoms with Gasteiger partial charge in [0.15, 0.2) is 0 Å². The van der Waals surface area contributed by atoms with E-state index in [0.29, 0.717) is 30.1 Å². The molecule has 160 valence electrons. The van der Waals surface area contributed by atoms with Crippen molar-refractivity contribution in [2.75, 3.05) is 11.9 Å². The first-order valence-corrected chi connectivity index (χ1v) is 12.1. The SMILES string of the molecule is O=C(Nc1ccc(OC2CCCC2)cc1)C1CCCN1S(=O)(=O)c1ccc(Cl)cc1. The number of hydrogen-bond donors (Lipinski definition) is 1. The average molecular weight is 449 g/mol. The minimum atomic E-state index is -3.77. The highest BCUT2D eigenvalue weighted by Crippen LogP contribution is 2.29. The minimum Gasteiger partial charge on any atom is -0.490 e. The standard InChI is InChI=1S/C22H25ClN2O4S/c23-16-7-13-20(14-8-16)30(27,28)25-15-3-6-21(25)22(26)24-17-9-11-19(12-10-17)29-18-4-1-2-5-18/h7-14,18,21H,1-6,15H2,(H,24,26). The Bertz CT molecular complexity index is 987. The van der Waals surface area contributed by atoms with E-state index in [9.17, 15) is 13.2 Å². The van der Waals surface area contributed by atoms with Gasteiger partial charge >= 0.3 is 0 Å². The van der Waals surface area contributed by atoms with Crippen LogP contribution >= 0.6 is 11.6 Å². The molecule has 0 radical (unpaired) electrons. The van der Waals surface area contributed by atoms with Gasteiger partial charge in [0.05, 0.1) is 11.0 Å². The van der Waals surface area contributed by atoms with Gasteiger partial charge in [-0.1, -0.05) is 11.6 Å². The molecule has 1 amide bonds. The number of nitrogens with one attached hydrogen (secondary N) is 1. The summed E-state index contributed by atoms with van der Waals surface area (Å²) in [4.78, 5) is 13.0. The number of benzene rings is 2. The van der Waals surface area contributed by atoms with E-state index in [1.54, 1.807) is 12.1 Å². The van der Waals surface area contributed by atoms with E-state index in [1.807, 2.05) is 12.1 Å². The number of carbonyl (C=O) groups is 1. The summed E-state index contributed by atoms with van der Waals surface area (Å²) in [6.07, 6.45) is 5.97. The van der Waals surface area contributed by atoms with Crippen molar-refractivity contribution in [3.8, 4) is 5.75 Å². The van der Waals surface area contributed by atoms with Crippen LogP contribution < -0.4 is 10.1 Å². The zero-order chi connectivity index (χ0) is 21.1. The van der Waals surface area contributed by atoms with E-state index in [1.165, 1.54) is 41.4 Å². The van der Waals surface area contributed by atoms with Crippen LogP contribution in [0.3, 0.4) is 0 Å². The highest BCUT2D eigenvalue weighted by atomic mass is 35.5. The van der Waals surface area contributed by atoms with Crippen LogP contribution in [0.5, 0.6) is 5.75 Å². The highest BCUT2D eigenvalue weighted by Gasteiger charge is 2.39. The van der Waals surface area contributed by atoms with Crippen molar-refractivity contribution in [2.24, 2.45) is 0 Å². The number of sulfonamides is 1. The summed E-state index contributed by atoms with van der Waals surface area (Å²) >= 11 is 5.87. The Labute approximate surface area is 182 Å². The molecule has 1 N–H and O–H groups in total. The Balaban J connectivity index is 1.42. The number of nitrogens with zero attached hydrogens (tertiary/aromatic N) is 1. The number of amides is 1. The zero-order valence-electron chi connectivity index (χ0n) is 16.6. The molecule has 30 heavy (non-hydrogen) atoms. The van der Waals surface area contributed by atoms with Crippen LogP contribution in [0.25, 0.3) is 0 Å². The van der Waals surface area contributed by atoms with Crippen LogP contribution in [0.4, 0.5) is 5.69 Å². The van der Waals surface area contributed by atoms with Crippen molar-refractivity contribution >= 4 is 33.2 Å². The summed E-state index contributed by atoms with van der Waals surface area (Å²) in [6, 6.07) is 12.5. The molecule has 1 aliphatic carbocycles. The Kier molecular flexibility index (Phi) is 6.32. The summed E-state index contributed by atoms with van der Waals surface area (Å²) in [7, 11) is -3.77. The van der Waals surface area contributed by atoms with E-state index in [-0.39, 0.29) is 16.9 Å². The molecular weight excluding hydrogens is 424 g/mol. The van der Waals surface area contributed by atoms with Crippen LogP contribution in [0.2, 0.25) is 5.02 Å². The lowest BCUT2D eigenvalue weighted by Gasteiger charge is -2.23. The van der Waals surface area contributed by atoms with Crippen molar-refractivity contribution in [1.29, 1.82) is 0 Å². The first kappa shape index (κ1) is 21.2. The van der Waals surface area contributed by atoms with E-state index in [2.05, 4.69) is 5.32 Å². The van der Waals surface area contributed by atoms with Crippen molar-refractivity contribution < 1.29 is 17.9 Å². The molecule has 1 saturated heterocycles. The van der Waals surface area contributed by atoms with Crippen molar-refractivity contribution in [3.63, 3.8) is 0 Å². The lowest BCUT2D eigenvalue weighted by Crippen LogP contribution is -2.43. The summed E-state index contributed by atoms with van der Waals surface area (Å²) < 4.78 is 33.2. The fraction of sp³-hybridized carbons (Fsp3) is 0.409. The zero-order valence-corrected chi connectivity index (χ0v) is 18.2. The minimum absolute atomic E-state index is 0.139. The Morgan fingerprint density at radius 1 is 0.967 bits per heavy atom. The molecule has 2 aliphatic rings. The maximum absolute atomic E-state index is 13.0. The average Bonchev–Trinajstić information content (AvgIpc) is 3.42. The summed E-state index contributed by atoms with van der Waals surface area (Å²) in [5, 5.41) is 3.31. The monoisotopic (exact) mass is 448 g/mol. The van der Waals surface area contributed by atoms with Crippen LogP contribution in [-0.4, -0.2) is 37.3 Å². The number of anilines is 1. The number of carbonyl (C=O) groups excluding carboxylic acids is 1. The third-order valence-corrected chi connectivity index (χ3v) is 7.83. The van der Waals surface area contributed by atoms with Crippen LogP contribution in [0.1, 0.15) is 38.5 Å². The maximum atomic E-state index is 13.0. The van der Waals surface area contributed by atoms with E-state index in [4.69, 9.17) is 16.3 Å². The van der Waals surface area contributed by atoms with Crippen molar-refractivity contribution in [1.82, 2.24) is 4.31 Å². The number of halogens is 1. The number of rotatable bonds is 6. The predicted octanol–water partition coefficient (Wildman–Crippen LogP) is 4.45. The van der Waals surface area contributed by atoms with E-state index in [0.717, 1.165) is 18.6 Å². The smallest absolute Gasteiger partial charge is 0.243 e. The van der Waals surface area contributed by atoms with Crippen LogP contribution in [0, 0.1) is 0 Å². The van der Waals surface area contributed by atoms with E-state index >= 15 is 0 Å². The highest BCUT2D eigenvalue weighted by molar-refractivity contribution is 7.89. The number of ether oxygens (including phenoxy) is 1. The molecule has 4 rings (SSSR count). The summed E-state index contributed by atoms with van der Waals surface area (Å²) in [5.74, 6) is 0.460. The Morgan fingerprint density at radius 2 is 1.63 bits per heavy atom. The Hall–Kier alpha value is -2.09. The second-order valence-corrected chi connectivity index (χ2v) is 10.1. The first-order valence-electron chi connectivity index (χ1n) is 10.3. The molecule has 8 heteroatoms. The summed E-state index contributed by atoms with van der Waals surface area (Å²) in [5.41, 5.74) is 0.620. The van der Waals surface area contributed by atoms with Gasteiger partial charge in [-0.05, 0) is 87.1 Å². The second-order valence-electron chi connectivity index (χ2n) is 7.77. The predicted molar refractivity (Wildman–Crippen MR) is 116 cm³/mol. The molecule has 1 heterocycles. The topological polar surface area (TPSA) is 75.7 Å². The van der Waals surface area contributed by atoms with Gasteiger partial charge < -0.3 is 10.1 Å². The summed E-state index contributed by atoms with van der Waals surface area (Å²) in [6.45, 7) is 0.317. The molecule has 0 aromatic heterocycles. The first-order chi connectivity index (χ1) is 14.4. The van der Waals surface area contributed by atoms with E-state index < -0.39 is 16.1 Å². The molecule has 2 aromatic rings. The molecule has 0 bridgehead atoms. The normalized spacial score (nSPS) is 20.4. The molecule has 1 unspecified atom stereocenters. The van der Waals surface area contributed by atoms with Gasteiger partial charge in [0.25, 0.3) is 0 Å². The lowest BCUT2D eigenvalue weighted by atomic mass is 10.2. The molecule has 0 spiro atoms. The van der Waals surface area contributed by atoms with Gasteiger partial charge in [-0.25, -0.2) is 8.42 Å². The third-order valence-electron chi connectivity index (χ3n) is 5.65. The van der Waals surface area contributed by atoms with Gasteiger partial charge in [-0.3, -0.25) is 4.79 Å². The van der Waals surface area contributed by atoms with Gasteiger partial charge in [0, 0.05) is 17.3 Å². The fourth-order valence-corrected chi connectivity index (χ4v) is 5.86. The van der Waals surface area contributed by atoms with Gasteiger partial charge in [-0.2, -0.15) is 4.31 Å². The van der Waals surface area contributed by atoms with Crippen molar-refractivity contribution in [2.45, 2.75) is 55.6 Å². The van der Waals surface area contributed by atoms with Gasteiger partial charge in [-0.15, -0.1) is 0 Å².